The molecule has 2 N–H and O–H groups in total. The lowest BCUT2D eigenvalue weighted by molar-refractivity contribution is -0.137. The number of ether oxygens (including phenoxy) is 1. The van der Waals surface area contributed by atoms with Crippen LogP contribution in [0.3, 0.4) is 0 Å². The van der Waals surface area contributed by atoms with Crippen LogP contribution >= 0.6 is 11.9 Å². The van der Waals surface area contributed by atoms with Crippen molar-refractivity contribution in [2.45, 2.75) is 69.4 Å². The minimum Gasteiger partial charge on any atom is -0.444 e. The molecule has 0 aliphatic carbocycles. The number of fused-ring (bicyclic) bond motifs is 1. The highest BCUT2D eigenvalue weighted by Crippen LogP contribution is 2.37. The first-order valence-electron chi connectivity index (χ1n) is 11.6. The molecule has 9 heteroatoms. The van der Waals surface area contributed by atoms with Gasteiger partial charge in [-0.1, -0.05) is 37.3 Å². The van der Waals surface area contributed by atoms with Gasteiger partial charge < -0.3 is 15.2 Å². The lowest BCUT2D eigenvalue weighted by Gasteiger charge is -2.30. The Morgan fingerprint density at radius 3 is 2.51 bits per heavy atom. The number of alkyl halides is 3. The highest BCUT2D eigenvalue weighted by atomic mass is 32.2. The molecule has 1 aliphatic heterocycles. The van der Waals surface area contributed by atoms with Gasteiger partial charge in [-0.3, -0.25) is 0 Å². The Hall–Kier alpha value is -2.23. The molecular weight excluding hydrogens is 477 g/mol. The number of nitrogens with zero attached hydrogens (tertiary/aromatic N) is 1. The number of aliphatic hydroxyl groups is 1. The molecule has 5 nitrogen and oxygen atoms in total. The molecule has 3 atom stereocenters. The summed E-state index contributed by atoms with van der Waals surface area (Å²) in [5.41, 5.74) is 0.278. The maximum Gasteiger partial charge on any atom is 0.416 e. The van der Waals surface area contributed by atoms with Crippen LogP contribution in [0.25, 0.3) is 0 Å². The van der Waals surface area contributed by atoms with Gasteiger partial charge in [0.25, 0.3) is 0 Å². The summed E-state index contributed by atoms with van der Waals surface area (Å²) in [6.07, 6.45) is -5.01. The van der Waals surface area contributed by atoms with Gasteiger partial charge in [0.2, 0.25) is 0 Å². The van der Waals surface area contributed by atoms with Crippen molar-refractivity contribution < 1.29 is 27.8 Å². The van der Waals surface area contributed by atoms with E-state index in [1.54, 1.807) is 20.8 Å². The number of alkyl carbamates (subject to hydrolysis) is 1. The molecule has 1 aliphatic rings. The molecule has 2 aromatic rings. The van der Waals surface area contributed by atoms with Gasteiger partial charge in [0, 0.05) is 18.0 Å². The Labute approximate surface area is 209 Å². The van der Waals surface area contributed by atoms with Gasteiger partial charge in [-0.15, -0.1) is 0 Å². The summed E-state index contributed by atoms with van der Waals surface area (Å²) in [7, 11) is 0. The zero-order chi connectivity index (χ0) is 25.8. The number of nitrogens with one attached hydrogen (secondary N) is 1. The van der Waals surface area contributed by atoms with E-state index in [1.165, 1.54) is 24.1 Å². The maximum absolute atomic E-state index is 13.2. The van der Waals surface area contributed by atoms with Crippen LogP contribution in [0, 0.1) is 5.92 Å². The molecular formula is C26H33F3N2O3S. The van der Waals surface area contributed by atoms with E-state index in [-0.39, 0.29) is 12.5 Å². The average molecular weight is 511 g/mol. The summed E-state index contributed by atoms with van der Waals surface area (Å²) in [5.74, 6) is 0.0887. The van der Waals surface area contributed by atoms with Crippen molar-refractivity contribution in [1.82, 2.24) is 9.62 Å². The van der Waals surface area contributed by atoms with E-state index in [1.807, 2.05) is 41.6 Å². The molecule has 2 aromatic carbocycles. The van der Waals surface area contributed by atoms with E-state index in [9.17, 15) is 23.1 Å². The molecule has 3 rings (SSSR count). The van der Waals surface area contributed by atoms with Gasteiger partial charge in [0.1, 0.15) is 5.60 Å². The van der Waals surface area contributed by atoms with Gasteiger partial charge in [-0.25, -0.2) is 9.10 Å². The van der Waals surface area contributed by atoms with Crippen LogP contribution in [-0.2, 0) is 23.8 Å². The van der Waals surface area contributed by atoms with Crippen molar-refractivity contribution in [3.8, 4) is 0 Å². The van der Waals surface area contributed by atoms with Crippen LogP contribution in [0.2, 0.25) is 0 Å². The van der Waals surface area contributed by atoms with E-state index < -0.39 is 35.6 Å². The van der Waals surface area contributed by atoms with Crippen molar-refractivity contribution in [2.24, 2.45) is 5.92 Å². The fraction of sp³-hybridized carbons (Fsp3) is 0.500. The number of halogens is 3. The topological polar surface area (TPSA) is 61.8 Å². The van der Waals surface area contributed by atoms with Crippen molar-refractivity contribution in [3.05, 3.63) is 65.2 Å². The van der Waals surface area contributed by atoms with Crippen LogP contribution in [0.5, 0.6) is 0 Å². The Balaban J connectivity index is 1.76. The van der Waals surface area contributed by atoms with Crippen molar-refractivity contribution >= 4 is 18.0 Å². The fourth-order valence-corrected chi connectivity index (χ4v) is 5.25. The number of rotatable bonds is 6. The largest absolute Gasteiger partial charge is 0.444 e. The molecule has 1 unspecified atom stereocenters. The van der Waals surface area contributed by atoms with Crippen molar-refractivity contribution in [2.75, 3.05) is 13.1 Å². The molecule has 0 saturated heterocycles. The third-order valence-corrected chi connectivity index (χ3v) is 6.71. The highest BCUT2D eigenvalue weighted by molar-refractivity contribution is 7.97. The predicted octanol–water partition coefficient (Wildman–Crippen LogP) is 5.70. The van der Waals surface area contributed by atoms with Crippen LogP contribution < -0.4 is 5.32 Å². The fourth-order valence-electron chi connectivity index (χ4n) is 4.03. The summed E-state index contributed by atoms with van der Waals surface area (Å²) in [6, 6.07) is 12.7. The van der Waals surface area contributed by atoms with Crippen molar-refractivity contribution in [1.29, 1.82) is 0 Å². The van der Waals surface area contributed by atoms with Gasteiger partial charge in [0.05, 0.1) is 17.7 Å². The van der Waals surface area contributed by atoms with E-state index in [2.05, 4.69) is 5.32 Å². The zero-order valence-corrected chi connectivity index (χ0v) is 21.2. The first kappa shape index (κ1) is 27.4. The Morgan fingerprint density at radius 2 is 1.89 bits per heavy atom. The van der Waals surface area contributed by atoms with Gasteiger partial charge in [-0.05, 0) is 80.8 Å². The third-order valence-electron chi connectivity index (χ3n) is 5.55. The first-order chi connectivity index (χ1) is 16.3. The summed E-state index contributed by atoms with van der Waals surface area (Å²) < 4.78 is 46.9. The lowest BCUT2D eigenvalue weighted by Crippen LogP contribution is -2.50. The summed E-state index contributed by atoms with van der Waals surface area (Å²) in [4.78, 5) is 13.2. The normalized spacial score (nSPS) is 18.8. The Morgan fingerprint density at radius 1 is 1.20 bits per heavy atom. The molecule has 1 amide bonds. The number of carbonyl (C=O) groups is 1. The monoisotopic (exact) mass is 510 g/mol. The summed E-state index contributed by atoms with van der Waals surface area (Å²) >= 11 is 1.34. The minimum atomic E-state index is -4.39. The molecule has 35 heavy (non-hydrogen) atoms. The van der Waals surface area contributed by atoms with Crippen LogP contribution in [0.15, 0.2) is 53.4 Å². The number of amides is 1. The van der Waals surface area contributed by atoms with Gasteiger partial charge >= 0.3 is 12.3 Å². The molecule has 192 valence electrons. The van der Waals surface area contributed by atoms with Crippen molar-refractivity contribution in [3.63, 3.8) is 0 Å². The predicted molar refractivity (Wildman–Crippen MR) is 131 cm³/mol. The average Bonchev–Trinajstić information content (AvgIpc) is 2.88. The SMILES string of the molecule is CC1Cc2cc(C(F)(F)F)ccc2SN(C[C@@H](O)[C@H](Cc2ccccc2)NC(=O)OC(C)(C)C)C1. The molecule has 1 heterocycles. The number of benzene rings is 2. The van der Waals surface area contributed by atoms with Crippen LogP contribution in [-0.4, -0.2) is 46.3 Å². The summed E-state index contributed by atoms with van der Waals surface area (Å²) in [5, 5.41) is 14.0. The molecule has 0 radical (unpaired) electrons. The van der Waals surface area contributed by atoms with E-state index >= 15 is 0 Å². The number of hydrogen-bond acceptors (Lipinski definition) is 5. The standard InChI is InChI=1S/C26H33F3N2O3S/c1-17-12-19-14-20(26(27,28)29)10-11-23(19)35-31(15-17)16-22(32)21(13-18-8-6-5-7-9-18)30-24(33)34-25(2,3)4/h5-11,14,17,21-22,32H,12-13,15-16H2,1-4H3,(H,30,33)/t17?,21-,22+/m0/s1. The second-order valence-electron chi connectivity index (χ2n) is 10.1. The molecule has 0 saturated carbocycles. The first-order valence-corrected chi connectivity index (χ1v) is 12.4. The van der Waals surface area contributed by atoms with E-state index in [4.69, 9.17) is 4.74 Å². The van der Waals surface area contributed by atoms with E-state index in [0.29, 0.717) is 24.9 Å². The smallest absolute Gasteiger partial charge is 0.416 e. The summed E-state index contributed by atoms with van der Waals surface area (Å²) in [6.45, 7) is 8.10. The maximum atomic E-state index is 13.2. The quantitative estimate of drug-likeness (QED) is 0.488. The molecule has 0 bridgehead atoms. The van der Waals surface area contributed by atoms with Gasteiger partial charge in [0.15, 0.2) is 0 Å². The molecule has 0 spiro atoms. The number of aliphatic hydroxyl groups excluding tert-OH is 1. The Bertz CT molecular complexity index is 996. The lowest BCUT2D eigenvalue weighted by atomic mass is 9.98. The van der Waals surface area contributed by atoms with Crippen LogP contribution in [0.4, 0.5) is 18.0 Å². The number of β-amino-alcohol motifs (C(OH)–C–C–N with tert-alkyl or cyclic N) is 1. The molecule has 0 aromatic heterocycles. The van der Waals surface area contributed by atoms with Crippen LogP contribution in [0.1, 0.15) is 44.4 Å². The molecule has 0 fully saturated rings. The second kappa shape index (κ2) is 11.2. The number of carbonyl (C=O) groups excluding carboxylic acids is 1. The zero-order valence-electron chi connectivity index (χ0n) is 20.4. The van der Waals surface area contributed by atoms with E-state index in [0.717, 1.165) is 16.5 Å². The highest BCUT2D eigenvalue weighted by Gasteiger charge is 2.33. The van der Waals surface area contributed by atoms with Gasteiger partial charge in [-0.2, -0.15) is 13.2 Å². The second-order valence-corrected chi connectivity index (χ2v) is 11.2. The minimum absolute atomic E-state index is 0.0887. The Kier molecular flexibility index (Phi) is 8.77. The third kappa shape index (κ3) is 8.44. The number of hydrogen-bond donors (Lipinski definition) is 2.